The smallest absolute Gasteiger partial charge is 0.150 e. The summed E-state index contributed by atoms with van der Waals surface area (Å²) in [6.07, 6.45) is 1.45. The maximum Gasteiger partial charge on any atom is 0.150 e. The summed E-state index contributed by atoms with van der Waals surface area (Å²) in [5.41, 5.74) is 1.25. The summed E-state index contributed by atoms with van der Waals surface area (Å²) >= 11 is 3.43. The highest BCUT2D eigenvalue weighted by molar-refractivity contribution is 9.10. The van der Waals surface area contributed by atoms with E-state index >= 15 is 0 Å². The number of ether oxygens (including phenoxy) is 1. The first kappa shape index (κ1) is 14.1. The Labute approximate surface area is 124 Å². The Kier molecular flexibility index (Phi) is 4.38. The molecule has 0 aliphatic carbocycles. The number of nitrogens with one attached hydrogen (secondary N) is 2. The second kappa shape index (κ2) is 6.21. The average Bonchev–Trinajstić information content (AvgIpc) is 2.49. The molecule has 6 nitrogen and oxygen atoms in total. The molecule has 0 aliphatic heterocycles. The molecule has 1 heterocycles. The van der Waals surface area contributed by atoms with E-state index in [1.807, 2.05) is 0 Å². The lowest BCUT2D eigenvalue weighted by atomic mass is 10.2. The number of halogens is 1. The van der Waals surface area contributed by atoms with Crippen molar-refractivity contribution in [1.29, 1.82) is 5.26 Å². The molecule has 0 amide bonds. The van der Waals surface area contributed by atoms with Crippen LogP contribution in [-0.4, -0.2) is 24.1 Å². The third-order valence-electron chi connectivity index (χ3n) is 2.61. The minimum Gasteiger partial charge on any atom is -0.495 e. The molecule has 2 rings (SSSR count). The van der Waals surface area contributed by atoms with Gasteiger partial charge in [-0.2, -0.15) is 5.26 Å². The van der Waals surface area contributed by atoms with E-state index in [0.29, 0.717) is 33.1 Å². The number of nitriles is 1. The summed E-state index contributed by atoms with van der Waals surface area (Å²) in [6, 6.07) is 7.21. The summed E-state index contributed by atoms with van der Waals surface area (Å²) in [6.45, 7) is 0. The van der Waals surface area contributed by atoms with Crippen molar-refractivity contribution < 1.29 is 4.74 Å². The highest BCUT2D eigenvalue weighted by atomic mass is 79.9. The summed E-state index contributed by atoms with van der Waals surface area (Å²) < 4.78 is 5.99. The van der Waals surface area contributed by atoms with Crippen LogP contribution in [0.5, 0.6) is 5.75 Å². The van der Waals surface area contributed by atoms with E-state index in [-0.39, 0.29) is 0 Å². The van der Waals surface area contributed by atoms with Gasteiger partial charge in [-0.05, 0) is 28.1 Å². The molecule has 0 aliphatic rings. The summed E-state index contributed by atoms with van der Waals surface area (Å²) in [5, 5.41) is 15.0. The van der Waals surface area contributed by atoms with Crippen LogP contribution in [0, 0.1) is 11.3 Å². The molecule has 2 aromatic rings. The Morgan fingerprint density at radius 1 is 1.30 bits per heavy atom. The Morgan fingerprint density at radius 2 is 2.05 bits per heavy atom. The van der Waals surface area contributed by atoms with Crippen LogP contribution in [0.2, 0.25) is 0 Å². The van der Waals surface area contributed by atoms with Gasteiger partial charge in [-0.3, -0.25) is 0 Å². The van der Waals surface area contributed by atoms with Crippen LogP contribution in [0.15, 0.2) is 29.0 Å². The van der Waals surface area contributed by atoms with Gasteiger partial charge < -0.3 is 15.4 Å². The second-order valence-corrected chi connectivity index (χ2v) is 4.58. The molecule has 0 fully saturated rings. The monoisotopic (exact) mass is 333 g/mol. The molecule has 0 saturated heterocycles. The Balaban J connectivity index is 2.38. The van der Waals surface area contributed by atoms with Crippen molar-refractivity contribution in [3.05, 3.63) is 34.6 Å². The van der Waals surface area contributed by atoms with Crippen molar-refractivity contribution in [1.82, 2.24) is 9.97 Å². The first-order valence-corrected chi connectivity index (χ1v) is 6.52. The minimum atomic E-state index is 0.532. The van der Waals surface area contributed by atoms with Crippen molar-refractivity contribution in [3.63, 3.8) is 0 Å². The van der Waals surface area contributed by atoms with E-state index in [2.05, 4.69) is 42.6 Å². The van der Waals surface area contributed by atoms with E-state index in [1.54, 1.807) is 32.4 Å². The normalized spacial score (nSPS) is 9.70. The van der Waals surface area contributed by atoms with Gasteiger partial charge in [0.2, 0.25) is 0 Å². The standard InChI is InChI=1S/C13H12BrN5O/c1-16-12-11(14)13(18-7-17-12)19-9-4-3-8(6-15)5-10(9)20-2/h3-5,7H,1-2H3,(H2,16,17,18,19). The van der Waals surface area contributed by atoms with Gasteiger partial charge in [0.15, 0.2) is 0 Å². The van der Waals surface area contributed by atoms with E-state index in [1.165, 1.54) is 6.33 Å². The van der Waals surface area contributed by atoms with Crippen LogP contribution in [0.25, 0.3) is 0 Å². The van der Waals surface area contributed by atoms with Crippen LogP contribution in [0.3, 0.4) is 0 Å². The van der Waals surface area contributed by atoms with E-state index < -0.39 is 0 Å². The van der Waals surface area contributed by atoms with E-state index in [0.717, 1.165) is 0 Å². The van der Waals surface area contributed by atoms with Gasteiger partial charge in [-0.1, -0.05) is 0 Å². The minimum absolute atomic E-state index is 0.532. The number of anilines is 3. The molecule has 7 heteroatoms. The Morgan fingerprint density at radius 3 is 2.70 bits per heavy atom. The third-order valence-corrected chi connectivity index (χ3v) is 3.36. The molecule has 0 atom stereocenters. The molecular weight excluding hydrogens is 322 g/mol. The van der Waals surface area contributed by atoms with Crippen LogP contribution >= 0.6 is 15.9 Å². The molecule has 0 spiro atoms. The zero-order chi connectivity index (χ0) is 14.5. The Bertz CT molecular complexity index is 668. The van der Waals surface area contributed by atoms with Crippen LogP contribution in [0.4, 0.5) is 17.3 Å². The first-order chi connectivity index (χ1) is 9.69. The molecule has 102 valence electrons. The zero-order valence-corrected chi connectivity index (χ0v) is 12.5. The predicted octanol–water partition coefficient (Wildman–Crippen LogP) is 2.90. The fourth-order valence-electron chi connectivity index (χ4n) is 1.62. The predicted molar refractivity (Wildman–Crippen MR) is 80.3 cm³/mol. The number of nitrogens with zero attached hydrogens (tertiary/aromatic N) is 3. The first-order valence-electron chi connectivity index (χ1n) is 5.73. The molecule has 0 bridgehead atoms. The topological polar surface area (TPSA) is 82.9 Å². The maximum absolute atomic E-state index is 8.89. The summed E-state index contributed by atoms with van der Waals surface area (Å²) in [4.78, 5) is 8.26. The fraction of sp³-hybridized carbons (Fsp3) is 0.154. The third kappa shape index (κ3) is 2.81. The second-order valence-electron chi connectivity index (χ2n) is 3.79. The molecule has 0 unspecified atom stereocenters. The molecule has 2 N–H and O–H groups in total. The van der Waals surface area contributed by atoms with Gasteiger partial charge in [0.25, 0.3) is 0 Å². The van der Waals surface area contributed by atoms with Crippen molar-refractivity contribution >= 4 is 33.3 Å². The van der Waals surface area contributed by atoms with Gasteiger partial charge in [0.05, 0.1) is 24.4 Å². The lowest BCUT2D eigenvalue weighted by Crippen LogP contribution is -2.01. The number of hydrogen-bond acceptors (Lipinski definition) is 6. The SMILES string of the molecule is CNc1ncnc(Nc2ccc(C#N)cc2OC)c1Br. The summed E-state index contributed by atoms with van der Waals surface area (Å²) in [7, 11) is 3.33. The summed E-state index contributed by atoms with van der Waals surface area (Å²) in [5.74, 6) is 1.85. The van der Waals surface area contributed by atoms with Gasteiger partial charge in [0, 0.05) is 13.1 Å². The van der Waals surface area contributed by atoms with Crippen molar-refractivity contribution in [2.75, 3.05) is 24.8 Å². The van der Waals surface area contributed by atoms with Crippen molar-refractivity contribution in [3.8, 4) is 11.8 Å². The van der Waals surface area contributed by atoms with E-state index in [4.69, 9.17) is 10.00 Å². The van der Waals surface area contributed by atoms with Gasteiger partial charge >= 0.3 is 0 Å². The molecule has 1 aromatic carbocycles. The zero-order valence-electron chi connectivity index (χ0n) is 10.9. The highest BCUT2D eigenvalue weighted by Gasteiger charge is 2.10. The number of benzene rings is 1. The Hall–Kier alpha value is -2.33. The van der Waals surface area contributed by atoms with Crippen LogP contribution in [0.1, 0.15) is 5.56 Å². The molecule has 20 heavy (non-hydrogen) atoms. The lowest BCUT2D eigenvalue weighted by Gasteiger charge is -2.13. The average molecular weight is 334 g/mol. The number of aromatic nitrogens is 2. The molecule has 0 saturated carbocycles. The largest absolute Gasteiger partial charge is 0.495 e. The molecule has 1 aromatic heterocycles. The van der Waals surface area contributed by atoms with E-state index in [9.17, 15) is 0 Å². The lowest BCUT2D eigenvalue weighted by molar-refractivity contribution is 0.416. The van der Waals surface area contributed by atoms with Gasteiger partial charge in [-0.25, -0.2) is 9.97 Å². The fourth-order valence-corrected chi connectivity index (χ4v) is 2.12. The van der Waals surface area contributed by atoms with Crippen molar-refractivity contribution in [2.24, 2.45) is 0 Å². The molecular formula is C13H12BrN5O. The number of hydrogen-bond donors (Lipinski definition) is 2. The van der Waals surface area contributed by atoms with Gasteiger partial charge in [-0.15, -0.1) is 0 Å². The maximum atomic E-state index is 8.89. The van der Waals surface area contributed by atoms with Crippen LogP contribution < -0.4 is 15.4 Å². The van der Waals surface area contributed by atoms with Crippen molar-refractivity contribution in [2.45, 2.75) is 0 Å². The van der Waals surface area contributed by atoms with Gasteiger partial charge in [0.1, 0.15) is 28.2 Å². The number of methoxy groups -OCH3 is 1. The molecule has 0 radical (unpaired) electrons. The quantitative estimate of drug-likeness (QED) is 0.895. The highest BCUT2D eigenvalue weighted by Crippen LogP contribution is 2.32. The number of rotatable bonds is 4. The van der Waals surface area contributed by atoms with Crippen LogP contribution in [-0.2, 0) is 0 Å².